The number of methoxy groups -OCH3 is 1. The maximum atomic E-state index is 12.2. The van der Waals surface area contributed by atoms with Gasteiger partial charge in [-0.05, 0) is 31.0 Å². The van der Waals surface area contributed by atoms with E-state index in [0.29, 0.717) is 6.54 Å². The van der Waals surface area contributed by atoms with Crippen LogP contribution in [0.4, 0.5) is 0 Å². The van der Waals surface area contributed by atoms with Gasteiger partial charge in [0, 0.05) is 17.4 Å². The number of rotatable bonds is 8. The highest BCUT2D eigenvalue weighted by Gasteiger charge is 2.21. The van der Waals surface area contributed by atoms with Crippen molar-refractivity contribution in [1.82, 2.24) is 10.6 Å². The Kier molecular flexibility index (Phi) is 7.98. The highest BCUT2D eigenvalue weighted by Crippen LogP contribution is 2.22. The molecule has 1 rings (SSSR count). The first-order valence-corrected chi connectivity index (χ1v) is 8.40. The minimum atomic E-state index is -0.379. The van der Waals surface area contributed by atoms with Gasteiger partial charge in [-0.25, -0.2) is 0 Å². The van der Waals surface area contributed by atoms with E-state index in [4.69, 9.17) is 4.74 Å². The fraction of sp³-hybridized carbons (Fsp3) is 0.500. The van der Waals surface area contributed by atoms with E-state index >= 15 is 0 Å². The second kappa shape index (κ2) is 9.48. The number of nitrogens with one attached hydrogen (secondary N) is 2. The van der Waals surface area contributed by atoms with Crippen LogP contribution in [0.25, 0.3) is 0 Å². The third-order valence-electron chi connectivity index (χ3n) is 3.39. The van der Waals surface area contributed by atoms with Crippen molar-refractivity contribution in [2.75, 3.05) is 27.0 Å². The second-order valence-corrected chi connectivity index (χ2v) is 5.95. The maximum absolute atomic E-state index is 12.2. The first-order valence-electron chi connectivity index (χ1n) is 7.17. The van der Waals surface area contributed by atoms with Crippen molar-refractivity contribution in [3.05, 3.63) is 29.8 Å². The fourth-order valence-corrected chi connectivity index (χ4v) is 2.46. The predicted molar refractivity (Wildman–Crippen MR) is 88.8 cm³/mol. The molecule has 1 aromatic rings. The smallest absolute Gasteiger partial charge is 0.307 e. The van der Waals surface area contributed by atoms with E-state index in [9.17, 15) is 9.59 Å². The topological polar surface area (TPSA) is 67.4 Å². The number of ether oxygens (including phenoxy) is 1. The van der Waals surface area contributed by atoms with Crippen molar-refractivity contribution in [1.29, 1.82) is 0 Å². The van der Waals surface area contributed by atoms with Crippen LogP contribution in [0.1, 0.15) is 24.9 Å². The molecule has 5 nitrogen and oxygen atoms in total. The zero-order valence-corrected chi connectivity index (χ0v) is 14.3. The first kappa shape index (κ1) is 18.5. The van der Waals surface area contributed by atoms with Crippen LogP contribution >= 0.6 is 11.8 Å². The van der Waals surface area contributed by atoms with Gasteiger partial charge in [-0.15, -0.1) is 11.8 Å². The largest absolute Gasteiger partial charge is 0.469 e. The summed E-state index contributed by atoms with van der Waals surface area (Å²) in [5.41, 5.74) is 0.896. The summed E-state index contributed by atoms with van der Waals surface area (Å²) in [5, 5.41) is 5.91. The summed E-state index contributed by atoms with van der Waals surface area (Å²) in [7, 11) is 3.15. The minimum Gasteiger partial charge on any atom is -0.469 e. The van der Waals surface area contributed by atoms with E-state index in [-0.39, 0.29) is 30.3 Å². The van der Waals surface area contributed by atoms with E-state index in [0.717, 1.165) is 10.5 Å². The lowest BCUT2D eigenvalue weighted by atomic mass is 10.0. The lowest BCUT2D eigenvalue weighted by molar-refractivity contribution is -0.141. The molecule has 0 aromatic heterocycles. The molecule has 0 spiro atoms. The molecule has 22 heavy (non-hydrogen) atoms. The summed E-state index contributed by atoms with van der Waals surface area (Å²) in [6.07, 6.45) is 2.12. The molecule has 2 N–H and O–H groups in total. The van der Waals surface area contributed by atoms with Gasteiger partial charge in [-0.2, -0.15) is 0 Å². The van der Waals surface area contributed by atoms with E-state index in [1.54, 1.807) is 18.8 Å². The van der Waals surface area contributed by atoms with Crippen molar-refractivity contribution in [2.24, 2.45) is 5.92 Å². The Labute approximate surface area is 136 Å². The van der Waals surface area contributed by atoms with Crippen LogP contribution in [0.5, 0.6) is 0 Å². The van der Waals surface area contributed by atoms with Crippen LogP contribution in [0.2, 0.25) is 0 Å². The van der Waals surface area contributed by atoms with Crippen LogP contribution in [0.15, 0.2) is 29.2 Å². The molecule has 1 aromatic carbocycles. The number of esters is 1. The Bertz CT molecular complexity index is 491. The highest BCUT2D eigenvalue weighted by molar-refractivity contribution is 7.98. The molecule has 0 saturated heterocycles. The van der Waals surface area contributed by atoms with E-state index in [2.05, 4.69) is 10.6 Å². The van der Waals surface area contributed by atoms with Crippen molar-refractivity contribution in [3.8, 4) is 0 Å². The van der Waals surface area contributed by atoms with Crippen LogP contribution < -0.4 is 10.6 Å². The monoisotopic (exact) mass is 324 g/mol. The van der Waals surface area contributed by atoms with Gasteiger partial charge in [-0.3, -0.25) is 9.59 Å². The maximum Gasteiger partial charge on any atom is 0.307 e. The third kappa shape index (κ3) is 5.69. The molecule has 0 aliphatic carbocycles. The molecule has 0 fully saturated rings. The zero-order valence-electron chi connectivity index (χ0n) is 13.5. The molecule has 0 aliphatic rings. The summed E-state index contributed by atoms with van der Waals surface area (Å²) in [6, 6.07) is 7.45. The molecule has 0 radical (unpaired) electrons. The molecule has 1 amide bonds. The van der Waals surface area contributed by atoms with E-state index in [1.807, 2.05) is 37.4 Å². The lowest BCUT2D eigenvalue weighted by Gasteiger charge is -2.21. The Balaban J connectivity index is 2.87. The standard InChI is InChI=1S/C16H24N2O3S/c1-11(10-17-2)16(20)18-14(9-15(19)21-3)12-5-7-13(22-4)8-6-12/h5-8,11,14,17H,9-10H2,1-4H3,(H,18,20). The molecule has 0 heterocycles. The van der Waals surface area contributed by atoms with E-state index in [1.165, 1.54) is 7.11 Å². The van der Waals surface area contributed by atoms with Crippen molar-refractivity contribution >= 4 is 23.6 Å². The molecular weight excluding hydrogens is 300 g/mol. The fourth-order valence-electron chi connectivity index (χ4n) is 2.05. The van der Waals surface area contributed by atoms with Gasteiger partial charge in [-0.1, -0.05) is 19.1 Å². The number of benzene rings is 1. The number of carbonyl (C=O) groups excluding carboxylic acids is 2. The average molecular weight is 324 g/mol. The average Bonchev–Trinajstić information content (AvgIpc) is 2.54. The summed E-state index contributed by atoms with van der Waals surface area (Å²) in [5.74, 6) is -0.603. The molecule has 122 valence electrons. The predicted octanol–water partition coefficient (Wildman–Crippen LogP) is 1.98. The summed E-state index contributed by atoms with van der Waals surface area (Å²) in [6.45, 7) is 2.43. The molecule has 2 unspecified atom stereocenters. The number of hydrogen-bond donors (Lipinski definition) is 2. The Hall–Kier alpha value is -1.53. The summed E-state index contributed by atoms with van der Waals surface area (Å²) in [4.78, 5) is 24.9. The molecule has 2 atom stereocenters. The molecule has 0 bridgehead atoms. The highest BCUT2D eigenvalue weighted by atomic mass is 32.2. The molecule has 0 aliphatic heterocycles. The summed E-state index contributed by atoms with van der Waals surface area (Å²) >= 11 is 1.65. The van der Waals surface area contributed by atoms with Crippen LogP contribution in [0.3, 0.4) is 0 Å². The van der Waals surface area contributed by atoms with Crippen molar-refractivity contribution in [2.45, 2.75) is 24.3 Å². The van der Waals surface area contributed by atoms with Crippen LogP contribution in [-0.2, 0) is 14.3 Å². The Morgan fingerprint density at radius 2 is 1.91 bits per heavy atom. The van der Waals surface area contributed by atoms with Crippen molar-refractivity contribution < 1.29 is 14.3 Å². The number of hydrogen-bond acceptors (Lipinski definition) is 5. The number of thioether (sulfide) groups is 1. The third-order valence-corrected chi connectivity index (χ3v) is 4.13. The lowest BCUT2D eigenvalue weighted by Crippen LogP contribution is -2.37. The molecular formula is C16H24N2O3S. The van der Waals surface area contributed by atoms with Gasteiger partial charge >= 0.3 is 5.97 Å². The van der Waals surface area contributed by atoms with Gasteiger partial charge < -0.3 is 15.4 Å². The molecule has 6 heteroatoms. The second-order valence-electron chi connectivity index (χ2n) is 5.07. The van der Waals surface area contributed by atoms with Gasteiger partial charge in [0.25, 0.3) is 0 Å². The Morgan fingerprint density at radius 3 is 2.41 bits per heavy atom. The van der Waals surface area contributed by atoms with Crippen LogP contribution in [0, 0.1) is 5.92 Å². The zero-order chi connectivity index (χ0) is 16.5. The number of amides is 1. The van der Waals surface area contributed by atoms with Gasteiger partial charge in [0.15, 0.2) is 0 Å². The van der Waals surface area contributed by atoms with Gasteiger partial charge in [0.2, 0.25) is 5.91 Å². The quantitative estimate of drug-likeness (QED) is 0.565. The normalized spacial score (nSPS) is 13.3. The first-order chi connectivity index (χ1) is 10.5. The van der Waals surface area contributed by atoms with Gasteiger partial charge in [0.05, 0.1) is 19.6 Å². The van der Waals surface area contributed by atoms with E-state index < -0.39 is 0 Å². The van der Waals surface area contributed by atoms with Gasteiger partial charge in [0.1, 0.15) is 0 Å². The summed E-state index contributed by atoms with van der Waals surface area (Å²) < 4.78 is 4.73. The SMILES string of the molecule is CNCC(C)C(=O)NC(CC(=O)OC)c1ccc(SC)cc1. The van der Waals surface area contributed by atoms with Crippen LogP contribution in [-0.4, -0.2) is 38.8 Å². The molecule has 0 saturated carbocycles. The Morgan fingerprint density at radius 1 is 1.27 bits per heavy atom. The van der Waals surface area contributed by atoms with Crippen molar-refractivity contribution in [3.63, 3.8) is 0 Å². The minimum absolute atomic E-state index is 0.0859. The number of carbonyl (C=O) groups is 2.